The SMILES string of the molecule is O=C1c2ccccc2[C@@H](Nc2ccccc2)N1CCN1C(=O)c2ccccc2[C@@H]1Nc1ccccc1. The van der Waals surface area contributed by atoms with E-state index in [1.54, 1.807) is 0 Å². The molecule has 0 aliphatic carbocycles. The number of amides is 2. The van der Waals surface area contributed by atoms with Crippen molar-refractivity contribution in [2.75, 3.05) is 23.7 Å². The molecule has 0 aromatic heterocycles. The summed E-state index contributed by atoms with van der Waals surface area (Å²) in [6.07, 6.45) is -0.617. The van der Waals surface area contributed by atoms with Gasteiger partial charge in [0.15, 0.2) is 0 Å². The maximum Gasteiger partial charge on any atom is 0.256 e. The molecule has 2 aliphatic heterocycles. The van der Waals surface area contributed by atoms with Gasteiger partial charge in [-0.2, -0.15) is 0 Å². The molecule has 0 bridgehead atoms. The Morgan fingerprint density at radius 1 is 0.500 bits per heavy atom. The van der Waals surface area contributed by atoms with E-state index in [0.29, 0.717) is 24.2 Å². The second-order valence-corrected chi connectivity index (χ2v) is 9.00. The van der Waals surface area contributed by atoms with Crippen molar-refractivity contribution in [3.8, 4) is 0 Å². The lowest BCUT2D eigenvalue weighted by atomic mass is 10.1. The summed E-state index contributed by atoms with van der Waals surface area (Å²) in [5.74, 6) is -0.0634. The van der Waals surface area contributed by atoms with Gasteiger partial charge in [0.25, 0.3) is 11.8 Å². The van der Waals surface area contributed by atoms with Gasteiger partial charge in [-0.15, -0.1) is 0 Å². The van der Waals surface area contributed by atoms with E-state index >= 15 is 0 Å². The van der Waals surface area contributed by atoms with Gasteiger partial charge in [-0.1, -0.05) is 72.8 Å². The molecule has 0 spiro atoms. The number of anilines is 2. The number of para-hydroxylation sites is 2. The van der Waals surface area contributed by atoms with E-state index in [1.807, 2.05) is 119 Å². The van der Waals surface area contributed by atoms with Gasteiger partial charge in [0, 0.05) is 46.7 Å². The molecule has 178 valence electrons. The Morgan fingerprint density at radius 2 is 0.861 bits per heavy atom. The van der Waals surface area contributed by atoms with Crippen LogP contribution in [-0.2, 0) is 0 Å². The standard InChI is InChI=1S/C30H26N4O2/c35-29-25-17-9-7-15-23(25)27(31-21-11-3-1-4-12-21)33(29)19-20-34-28(32-22-13-5-2-6-14-22)24-16-8-10-18-26(24)30(34)36/h1-18,27-28,31-32H,19-20H2/t27-,28+. The third kappa shape index (κ3) is 3.86. The van der Waals surface area contributed by atoms with Crippen molar-refractivity contribution in [3.05, 3.63) is 131 Å². The number of fused-ring (bicyclic) bond motifs is 2. The first kappa shape index (κ1) is 21.9. The third-order valence-corrected chi connectivity index (χ3v) is 6.85. The lowest BCUT2D eigenvalue weighted by Gasteiger charge is -2.32. The van der Waals surface area contributed by atoms with Crippen LogP contribution in [0.3, 0.4) is 0 Å². The lowest BCUT2D eigenvalue weighted by Crippen LogP contribution is -2.42. The number of nitrogens with one attached hydrogen (secondary N) is 2. The maximum atomic E-state index is 13.4. The van der Waals surface area contributed by atoms with Crippen molar-refractivity contribution < 1.29 is 9.59 Å². The fourth-order valence-corrected chi connectivity index (χ4v) is 5.11. The highest BCUT2D eigenvalue weighted by molar-refractivity contribution is 6.00. The van der Waals surface area contributed by atoms with Gasteiger partial charge in [0.05, 0.1) is 0 Å². The quantitative estimate of drug-likeness (QED) is 0.370. The van der Waals surface area contributed by atoms with E-state index in [4.69, 9.17) is 0 Å². The van der Waals surface area contributed by atoms with Gasteiger partial charge in [-0.25, -0.2) is 0 Å². The van der Waals surface area contributed by atoms with Crippen molar-refractivity contribution in [2.24, 2.45) is 0 Å². The second-order valence-electron chi connectivity index (χ2n) is 9.00. The van der Waals surface area contributed by atoms with Gasteiger partial charge < -0.3 is 20.4 Å². The van der Waals surface area contributed by atoms with Crippen LogP contribution in [-0.4, -0.2) is 34.7 Å². The first-order valence-electron chi connectivity index (χ1n) is 12.1. The van der Waals surface area contributed by atoms with Crippen molar-refractivity contribution in [3.63, 3.8) is 0 Å². The molecule has 2 N–H and O–H groups in total. The summed E-state index contributed by atoms with van der Waals surface area (Å²) in [4.78, 5) is 30.5. The monoisotopic (exact) mass is 474 g/mol. The summed E-state index contributed by atoms with van der Waals surface area (Å²) in [6.45, 7) is 0.787. The van der Waals surface area contributed by atoms with Crippen molar-refractivity contribution in [2.45, 2.75) is 12.3 Å². The maximum absolute atomic E-state index is 13.4. The zero-order chi connectivity index (χ0) is 24.5. The first-order chi connectivity index (χ1) is 17.7. The summed E-state index contributed by atoms with van der Waals surface area (Å²) < 4.78 is 0. The number of rotatable bonds is 7. The van der Waals surface area contributed by atoms with E-state index in [9.17, 15) is 9.59 Å². The molecule has 36 heavy (non-hydrogen) atoms. The Bertz CT molecular complexity index is 1300. The molecule has 0 radical (unpaired) electrons. The van der Waals surface area contributed by atoms with Crippen molar-refractivity contribution >= 4 is 23.2 Å². The summed E-state index contributed by atoms with van der Waals surface area (Å²) in [6, 6.07) is 35.2. The molecule has 2 atom stereocenters. The Hall–Kier alpha value is -4.58. The van der Waals surface area contributed by atoms with Crippen LogP contribution in [0.4, 0.5) is 11.4 Å². The van der Waals surface area contributed by atoms with Crippen LogP contribution in [0.1, 0.15) is 44.2 Å². The van der Waals surface area contributed by atoms with E-state index in [-0.39, 0.29) is 24.1 Å². The van der Waals surface area contributed by atoms with Crippen molar-refractivity contribution in [1.82, 2.24) is 9.80 Å². The minimum absolute atomic E-state index is 0.0317. The van der Waals surface area contributed by atoms with Gasteiger partial charge in [-0.05, 0) is 36.4 Å². The van der Waals surface area contributed by atoms with Gasteiger partial charge >= 0.3 is 0 Å². The molecule has 6 nitrogen and oxygen atoms in total. The van der Waals surface area contributed by atoms with Crippen LogP contribution < -0.4 is 10.6 Å². The molecule has 0 fully saturated rings. The smallest absolute Gasteiger partial charge is 0.256 e. The van der Waals surface area contributed by atoms with Gasteiger partial charge in [0.2, 0.25) is 0 Å². The first-order valence-corrected chi connectivity index (χ1v) is 12.1. The third-order valence-electron chi connectivity index (χ3n) is 6.85. The minimum atomic E-state index is -0.309. The van der Waals surface area contributed by atoms with E-state index < -0.39 is 0 Å². The summed E-state index contributed by atoms with van der Waals surface area (Å²) in [5, 5.41) is 7.04. The zero-order valence-corrected chi connectivity index (χ0v) is 19.7. The van der Waals surface area contributed by atoms with Crippen LogP contribution in [0, 0.1) is 0 Å². The molecule has 6 rings (SSSR count). The number of carbonyl (C=O) groups is 2. The summed E-state index contributed by atoms with van der Waals surface area (Å²) in [7, 11) is 0. The molecule has 2 aliphatic rings. The highest BCUT2D eigenvalue weighted by Gasteiger charge is 2.40. The molecule has 0 saturated carbocycles. The minimum Gasteiger partial charge on any atom is -0.361 e. The molecule has 6 heteroatoms. The Kier molecular flexibility index (Phi) is 5.62. The number of benzene rings is 4. The number of hydrogen-bond donors (Lipinski definition) is 2. The lowest BCUT2D eigenvalue weighted by molar-refractivity contribution is 0.0634. The topological polar surface area (TPSA) is 64.7 Å². The fourth-order valence-electron chi connectivity index (χ4n) is 5.11. The Balaban J connectivity index is 1.28. The van der Waals surface area contributed by atoms with Gasteiger partial charge in [-0.3, -0.25) is 9.59 Å². The molecular formula is C30H26N4O2. The Labute approximate surface area is 210 Å². The van der Waals surface area contributed by atoms with Crippen LogP contribution in [0.25, 0.3) is 0 Å². The molecule has 4 aromatic carbocycles. The fraction of sp³-hybridized carbons (Fsp3) is 0.133. The number of hydrogen-bond acceptors (Lipinski definition) is 4. The van der Waals surface area contributed by atoms with E-state index in [1.165, 1.54) is 0 Å². The van der Waals surface area contributed by atoms with Crippen LogP contribution in [0.5, 0.6) is 0 Å². The second kappa shape index (κ2) is 9.23. The van der Waals surface area contributed by atoms with Crippen LogP contribution in [0.15, 0.2) is 109 Å². The van der Waals surface area contributed by atoms with Crippen LogP contribution >= 0.6 is 0 Å². The highest BCUT2D eigenvalue weighted by Crippen LogP contribution is 2.37. The largest absolute Gasteiger partial charge is 0.361 e. The molecule has 2 heterocycles. The van der Waals surface area contributed by atoms with Crippen molar-refractivity contribution in [1.29, 1.82) is 0 Å². The molecule has 0 saturated heterocycles. The predicted molar refractivity (Wildman–Crippen MR) is 141 cm³/mol. The van der Waals surface area contributed by atoms with Gasteiger partial charge in [0.1, 0.15) is 12.3 Å². The summed E-state index contributed by atoms with van der Waals surface area (Å²) >= 11 is 0. The number of nitrogens with zero attached hydrogens (tertiary/aromatic N) is 2. The Morgan fingerprint density at radius 3 is 1.28 bits per heavy atom. The van der Waals surface area contributed by atoms with E-state index in [2.05, 4.69) is 10.6 Å². The molecule has 0 unspecified atom stereocenters. The highest BCUT2D eigenvalue weighted by atomic mass is 16.2. The average molecular weight is 475 g/mol. The van der Waals surface area contributed by atoms with Crippen LogP contribution in [0.2, 0.25) is 0 Å². The zero-order valence-electron chi connectivity index (χ0n) is 19.7. The normalized spacial score (nSPS) is 18.2. The number of carbonyl (C=O) groups excluding carboxylic acids is 2. The molecular weight excluding hydrogens is 448 g/mol. The predicted octanol–water partition coefficient (Wildman–Crippen LogP) is 5.52. The van der Waals surface area contributed by atoms with E-state index in [0.717, 1.165) is 22.5 Å². The molecule has 4 aromatic rings. The molecule has 2 amide bonds. The average Bonchev–Trinajstić information content (AvgIpc) is 3.34. The summed E-state index contributed by atoms with van der Waals surface area (Å²) in [5.41, 5.74) is 5.15.